The number of carboxylic acids is 1. The van der Waals surface area contributed by atoms with Crippen LogP contribution in [0.3, 0.4) is 0 Å². The smallest absolute Gasteiger partial charge is 0.317 e. The van der Waals surface area contributed by atoms with Crippen molar-refractivity contribution >= 4 is 22.0 Å². The highest BCUT2D eigenvalue weighted by Crippen LogP contribution is 2.22. The van der Waals surface area contributed by atoms with Gasteiger partial charge in [-0.2, -0.15) is 0 Å². The molecule has 2 amide bonds. The maximum absolute atomic E-state index is 12.4. The number of likely N-dealkylation sites (tertiary alicyclic amines) is 1. The summed E-state index contributed by atoms with van der Waals surface area (Å²) in [6.07, 6.45) is 3.17. The average molecular weight is 347 g/mol. The van der Waals surface area contributed by atoms with Crippen LogP contribution in [0.1, 0.15) is 26.2 Å². The van der Waals surface area contributed by atoms with E-state index in [-0.39, 0.29) is 31.1 Å². The van der Waals surface area contributed by atoms with Gasteiger partial charge in [0.25, 0.3) is 0 Å². The Hall–Kier alpha value is -1.35. The Balaban J connectivity index is 1.94. The SMILES string of the molecule is CC1CC(C(=O)O)CN(C(=O)NC2CCCN(S(C)(=O)=O)C2)C1. The fourth-order valence-corrected chi connectivity index (χ4v) is 4.24. The first-order valence-electron chi connectivity index (χ1n) is 7.90. The maximum Gasteiger partial charge on any atom is 0.317 e. The Morgan fingerprint density at radius 1 is 1.22 bits per heavy atom. The highest BCUT2D eigenvalue weighted by atomic mass is 32.2. The molecule has 0 bridgehead atoms. The summed E-state index contributed by atoms with van der Waals surface area (Å²) in [6, 6.07) is -0.533. The lowest BCUT2D eigenvalue weighted by atomic mass is 9.91. The molecule has 0 aromatic carbocycles. The van der Waals surface area contributed by atoms with Crippen LogP contribution in [0.25, 0.3) is 0 Å². The molecule has 9 heteroatoms. The van der Waals surface area contributed by atoms with Crippen molar-refractivity contribution in [3.63, 3.8) is 0 Å². The number of amides is 2. The standard InChI is InChI=1S/C14H25N3O5S/c1-10-6-11(13(18)19)8-16(7-10)14(20)15-12-4-3-5-17(9-12)23(2,21)22/h10-12H,3-9H2,1-2H3,(H,15,20)(H,18,19). The number of nitrogens with one attached hydrogen (secondary N) is 1. The molecule has 0 saturated carbocycles. The quantitative estimate of drug-likeness (QED) is 0.756. The lowest BCUT2D eigenvalue weighted by Gasteiger charge is -2.37. The molecule has 0 aromatic heterocycles. The molecular formula is C14H25N3O5S. The second-order valence-electron chi connectivity index (χ2n) is 6.69. The molecule has 2 aliphatic heterocycles. The van der Waals surface area contributed by atoms with Crippen molar-refractivity contribution < 1.29 is 23.1 Å². The number of urea groups is 1. The highest BCUT2D eigenvalue weighted by Gasteiger charge is 2.33. The zero-order valence-corrected chi connectivity index (χ0v) is 14.4. The summed E-state index contributed by atoms with van der Waals surface area (Å²) in [5.74, 6) is -1.28. The molecule has 0 aromatic rings. The van der Waals surface area contributed by atoms with E-state index in [1.807, 2.05) is 6.92 Å². The first kappa shape index (κ1) is 18.0. The van der Waals surface area contributed by atoms with E-state index in [9.17, 15) is 18.0 Å². The summed E-state index contributed by atoms with van der Waals surface area (Å²) in [7, 11) is -3.26. The Kier molecular flexibility index (Phi) is 5.51. The topological polar surface area (TPSA) is 107 Å². The summed E-state index contributed by atoms with van der Waals surface area (Å²) in [4.78, 5) is 25.1. The Labute approximate surface area is 136 Å². The van der Waals surface area contributed by atoms with E-state index in [1.165, 1.54) is 15.5 Å². The maximum atomic E-state index is 12.4. The van der Waals surface area contributed by atoms with Gasteiger partial charge in [-0.3, -0.25) is 4.79 Å². The van der Waals surface area contributed by atoms with E-state index < -0.39 is 21.9 Å². The zero-order valence-electron chi connectivity index (χ0n) is 13.6. The lowest BCUT2D eigenvalue weighted by Crippen LogP contribution is -2.55. The molecule has 23 heavy (non-hydrogen) atoms. The summed E-state index contributed by atoms with van der Waals surface area (Å²) in [6.45, 7) is 3.41. The van der Waals surface area contributed by atoms with E-state index >= 15 is 0 Å². The Bertz CT molecular complexity index is 565. The van der Waals surface area contributed by atoms with Crippen molar-refractivity contribution in [3.05, 3.63) is 0 Å². The van der Waals surface area contributed by atoms with E-state index in [4.69, 9.17) is 5.11 Å². The van der Waals surface area contributed by atoms with Crippen LogP contribution in [0, 0.1) is 11.8 Å². The molecule has 2 rings (SSSR count). The van der Waals surface area contributed by atoms with Gasteiger partial charge >= 0.3 is 12.0 Å². The van der Waals surface area contributed by atoms with Crippen molar-refractivity contribution in [1.29, 1.82) is 0 Å². The van der Waals surface area contributed by atoms with Gasteiger partial charge in [-0.25, -0.2) is 17.5 Å². The van der Waals surface area contributed by atoms with Crippen LogP contribution in [0.4, 0.5) is 4.79 Å². The molecule has 2 aliphatic rings. The van der Waals surface area contributed by atoms with Gasteiger partial charge in [-0.15, -0.1) is 0 Å². The van der Waals surface area contributed by atoms with Crippen LogP contribution in [0.5, 0.6) is 0 Å². The highest BCUT2D eigenvalue weighted by molar-refractivity contribution is 7.88. The fraction of sp³-hybridized carbons (Fsp3) is 0.857. The van der Waals surface area contributed by atoms with E-state index in [2.05, 4.69) is 5.32 Å². The Morgan fingerprint density at radius 2 is 1.91 bits per heavy atom. The predicted molar refractivity (Wildman–Crippen MR) is 84.5 cm³/mol. The van der Waals surface area contributed by atoms with E-state index in [1.54, 1.807) is 0 Å². The molecule has 3 unspecified atom stereocenters. The number of carboxylic acid groups (broad SMARTS) is 1. The molecule has 2 N–H and O–H groups in total. The lowest BCUT2D eigenvalue weighted by molar-refractivity contribution is -0.143. The van der Waals surface area contributed by atoms with Gasteiger partial charge in [0.1, 0.15) is 0 Å². The summed E-state index contributed by atoms with van der Waals surface area (Å²) in [5.41, 5.74) is 0. The Morgan fingerprint density at radius 3 is 2.52 bits per heavy atom. The second-order valence-corrected chi connectivity index (χ2v) is 8.67. The molecule has 2 saturated heterocycles. The van der Waals surface area contributed by atoms with Gasteiger partial charge in [0.05, 0.1) is 12.2 Å². The summed E-state index contributed by atoms with van der Waals surface area (Å²) in [5, 5.41) is 12.0. The fourth-order valence-electron chi connectivity index (χ4n) is 3.32. The molecule has 0 radical (unpaired) electrons. The monoisotopic (exact) mass is 347 g/mol. The minimum Gasteiger partial charge on any atom is -0.481 e. The zero-order chi connectivity index (χ0) is 17.2. The van der Waals surface area contributed by atoms with Gasteiger partial charge in [-0.1, -0.05) is 6.92 Å². The predicted octanol–water partition coefficient (Wildman–Crippen LogP) is 0.163. The molecule has 2 fully saturated rings. The van der Waals surface area contributed by atoms with Crippen LogP contribution in [0.15, 0.2) is 0 Å². The number of hydrogen-bond donors (Lipinski definition) is 2. The van der Waals surface area contributed by atoms with E-state index in [0.717, 1.165) is 6.42 Å². The van der Waals surface area contributed by atoms with Crippen molar-refractivity contribution in [1.82, 2.24) is 14.5 Å². The van der Waals surface area contributed by atoms with Crippen LogP contribution in [0.2, 0.25) is 0 Å². The van der Waals surface area contributed by atoms with Crippen molar-refractivity contribution in [2.75, 3.05) is 32.4 Å². The second kappa shape index (κ2) is 7.04. The first-order valence-corrected chi connectivity index (χ1v) is 9.75. The van der Waals surface area contributed by atoms with Gasteiger partial charge in [0.15, 0.2) is 0 Å². The number of sulfonamides is 1. The number of nitrogens with zero attached hydrogens (tertiary/aromatic N) is 2. The van der Waals surface area contributed by atoms with Crippen LogP contribution in [-0.4, -0.2) is 73.2 Å². The van der Waals surface area contributed by atoms with Crippen LogP contribution >= 0.6 is 0 Å². The van der Waals surface area contributed by atoms with Gasteiger partial charge in [-0.05, 0) is 25.2 Å². The number of carbonyl (C=O) groups excluding carboxylic acids is 1. The van der Waals surface area contributed by atoms with Gasteiger partial charge < -0.3 is 15.3 Å². The summed E-state index contributed by atoms with van der Waals surface area (Å²) >= 11 is 0. The van der Waals surface area contributed by atoms with Crippen LogP contribution < -0.4 is 5.32 Å². The summed E-state index contributed by atoms with van der Waals surface area (Å²) < 4.78 is 24.6. The minimum atomic E-state index is -3.26. The number of piperidine rings is 2. The van der Waals surface area contributed by atoms with Crippen molar-refractivity contribution in [2.24, 2.45) is 11.8 Å². The average Bonchev–Trinajstić information content (AvgIpc) is 2.46. The van der Waals surface area contributed by atoms with Gasteiger partial charge in [0.2, 0.25) is 10.0 Å². The molecule has 132 valence electrons. The number of rotatable bonds is 3. The third-order valence-electron chi connectivity index (χ3n) is 4.48. The number of hydrogen-bond acceptors (Lipinski definition) is 4. The third-order valence-corrected chi connectivity index (χ3v) is 5.75. The molecule has 2 heterocycles. The molecule has 0 spiro atoms. The van der Waals surface area contributed by atoms with Crippen LogP contribution in [-0.2, 0) is 14.8 Å². The molecular weight excluding hydrogens is 322 g/mol. The van der Waals surface area contributed by atoms with Crippen molar-refractivity contribution in [2.45, 2.75) is 32.2 Å². The largest absolute Gasteiger partial charge is 0.481 e. The first-order chi connectivity index (χ1) is 10.7. The minimum absolute atomic E-state index is 0.134. The number of aliphatic carboxylic acids is 1. The molecule has 8 nitrogen and oxygen atoms in total. The third kappa shape index (κ3) is 4.81. The van der Waals surface area contributed by atoms with Crippen molar-refractivity contribution in [3.8, 4) is 0 Å². The normalized spacial score (nSPS) is 30.0. The molecule has 0 aliphatic carbocycles. The molecule has 3 atom stereocenters. The van der Waals surface area contributed by atoms with E-state index in [0.29, 0.717) is 25.9 Å². The number of carbonyl (C=O) groups is 2. The van der Waals surface area contributed by atoms with Gasteiger partial charge in [0, 0.05) is 32.2 Å².